The van der Waals surface area contributed by atoms with Gasteiger partial charge in [0.05, 0.1) is 5.54 Å². The summed E-state index contributed by atoms with van der Waals surface area (Å²) in [6, 6.07) is 15.8. The summed E-state index contributed by atoms with van der Waals surface area (Å²) < 4.78 is 0. The van der Waals surface area contributed by atoms with Crippen molar-refractivity contribution in [3.8, 4) is 0 Å². The molecular weight excluding hydrogens is 380 g/mol. The molecule has 3 aliphatic rings. The molecule has 0 spiro atoms. The van der Waals surface area contributed by atoms with Crippen molar-refractivity contribution >= 4 is 17.7 Å². The van der Waals surface area contributed by atoms with Gasteiger partial charge in [-0.2, -0.15) is 0 Å². The van der Waals surface area contributed by atoms with E-state index in [1.54, 1.807) is 4.90 Å². The van der Waals surface area contributed by atoms with Crippen LogP contribution in [0, 0.1) is 0 Å². The van der Waals surface area contributed by atoms with Crippen LogP contribution in [0.2, 0.25) is 0 Å². The SMILES string of the molecule is O=C1CCC(N2Cc3ccc(CNC4(c5ccccc5)CNC4)cc3C2=O)C(=O)N1. The molecule has 0 radical (unpaired) electrons. The molecule has 0 aromatic heterocycles. The lowest BCUT2D eigenvalue weighted by Gasteiger charge is -2.44. The van der Waals surface area contributed by atoms with Gasteiger partial charge in [-0.05, 0) is 29.2 Å². The van der Waals surface area contributed by atoms with Gasteiger partial charge in [0.2, 0.25) is 11.8 Å². The van der Waals surface area contributed by atoms with Gasteiger partial charge in [-0.15, -0.1) is 0 Å². The number of hydrogen-bond donors (Lipinski definition) is 3. The number of benzene rings is 2. The number of carbonyl (C=O) groups excluding carboxylic acids is 3. The monoisotopic (exact) mass is 404 g/mol. The predicted octanol–water partition coefficient (Wildman–Crippen LogP) is 1.04. The summed E-state index contributed by atoms with van der Waals surface area (Å²) in [6.45, 7) is 2.79. The lowest BCUT2D eigenvalue weighted by Crippen LogP contribution is -2.64. The molecule has 7 heteroatoms. The first kappa shape index (κ1) is 19.0. The zero-order valence-corrected chi connectivity index (χ0v) is 16.6. The van der Waals surface area contributed by atoms with Crippen LogP contribution in [0.15, 0.2) is 48.5 Å². The van der Waals surface area contributed by atoms with Crippen molar-refractivity contribution in [2.75, 3.05) is 13.1 Å². The molecular formula is C23H24N4O3. The molecule has 3 N–H and O–H groups in total. The van der Waals surface area contributed by atoms with E-state index in [9.17, 15) is 14.4 Å². The van der Waals surface area contributed by atoms with E-state index in [0.29, 0.717) is 25.1 Å². The van der Waals surface area contributed by atoms with Gasteiger partial charge >= 0.3 is 0 Å². The van der Waals surface area contributed by atoms with Gasteiger partial charge in [0.25, 0.3) is 5.91 Å². The summed E-state index contributed by atoms with van der Waals surface area (Å²) in [6.07, 6.45) is 0.646. The third kappa shape index (κ3) is 3.20. The number of nitrogens with zero attached hydrogens (tertiary/aromatic N) is 1. The first-order chi connectivity index (χ1) is 14.6. The largest absolute Gasteiger partial charge is 0.322 e. The van der Waals surface area contributed by atoms with Gasteiger partial charge in [0.15, 0.2) is 0 Å². The molecule has 2 fully saturated rings. The van der Waals surface area contributed by atoms with Crippen LogP contribution in [0.3, 0.4) is 0 Å². The molecule has 7 nitrogen and oxygen atoms in total. The Morgan fingerprint density at radius 2 is 1.87 bits per heavy atom. The number of rotatable bonds is 5. The number of nitrogens with one attached hydrogen (secondary N) is 3. The van der Waals surface area contributed by atoms with Crippen LogP contribution in [0.4, 0.5) is 0 Å². The van der Waals surface area contributed by atoms with Crippen LogP contribution in [-0.4, -0.2) is 41.8 Å². The fraction of sp³-hybridized carbons (Fsp3) is 0.348. The molecule has 1 atom stereocenters. The summed E-state index contributed by atoms with van der Waals surface area (Å²) >= 11 is 0. The van der Waals surface area contributed by atoms with E-state index in [2.05, 4.69) is 40.2 Å². The fourth-order valence-corrected chi connectivity index (χ4v) is 4.55. The topological polar surface area (TPSA) is 90.5 Å². The molecule has 2 aromatic rings. The van der Waals surface area contributed by atoms with Crippen molar-refractivity contribution in [1.29, 1.82) is 0 Å². The highest BCUT2D eigenvalue weighted by atomic mass is 16.2. The molecule has 3 aliphatic heterocycles. The van der Waals surface area contributed by atoms with E-state index in [1.165, 1.54) is 5.56 Å². The first-order valence-corrected chi connectivity index (χ1v) is 10.3. The van der Waals surface area contributed by atoms with Crippen molar-refractivity contribution in [1.82, 2.24) is 20.9 Å². The van der Waals surface area contributed by atoms with Crippen LogP contribution in [0.25, 0.3) is 0 Å². The highest BCUT2D eigenvalue weighted by molar-refractivity contribution is 6.05. The van der Waals surface area contributed by atoms with Gasteiger partial charge in [-0.1, -0.05) is 42.5 Å². The van der Waals surface area contributed by atoms with Gasteiger partial charge in [0, 0.05) is 38.2 Å². The molecule has 2 saturated heterocycles. The molecule has 3 heterocycles. The number of piperidine rings is 1. The first-order valence-electron chi connectivity index (χ1n) is 10.3. The minimum absolute atomic E-state index is 0.0942. The molecule has 0 bridgehead atoms. The molecule has 154 valence electrons. The maximum atomic E-state index is 13.0. The van der Waals surface area contributed by atoms with E-state index in [-0.39, 0.29) is 29.7 Å². The molecule has 5 rings (SSSR count). The Hall–Kier alpha value is -3.03. The lowest BCUT2D eigenvalue weighted by molar-refractivity contribution is -0.136. The Balaban J connectivity index is 1.31. The Labute approximate surface area is 174 Å². The maximum absolute atomic E-state index is 13.0. The number of hydrogen-bond acceptors (Lipinski definition) is 5. The van der Waals surface area contributed by atoms with Crippen LogP contribution in [0.5, 0.6) is 0 Å². The van der Waals surface area contributed by atoms with Crippen LogP contribution in [0.1, 0.15) is 39.9 Å². The van der Waals surface area contributed by atoms with E-state index >= 15 is 0 Å². The van der Waals surface area contributed by atoms with E-state index in [1.807, 2.05) is 24.3 Å². The minimum atomic E-state index is -0.577. The van der Waals surface area contributed by atoms with Crippen LogP contribution in [-0.2, 0) is 28.2 Å². The molecule has 0 aliphatic carbocycles. The van der Waals surface area contributed by atoms with Gasteiger partial charge in [-0.3, -0.25) is 19.7 Å². The van der Waals surface area contributed by atoms with Gasteiger partial charge in [0.1, 0.15) is 6.04 Å². The average Bonchev–Trinajstić information content (AvgIpc) is 3.04. The van der Waals surface area contributed by atoms with E-state index in [4.69, 9.17) is 0 Å². The molecule has 1 unspecified atom stereocenters. The van der Waals surface area contributed by atoms with Crippen molar-refractivity contribution in [2.45, 2.75) is 37.5 Å². The predicted molar refractivity (Wildman–Crippen MR) is 110 cm³/mol. The summed E-state index contributed by atoms with van der Waals surface area (Å²) in [7, 11) is 0. The second kappa shape index (κ2) is 7.34. The van der Waals surface area contributed by atoms with Crippen LogP contribution >= 0.6 is 0 Å². The van der Waals surface area contributed by atoms with Crippen molar-refractivity contribution in [2.24, 2.45) is 0 Å². The van der Waals surface area contributed by atoms with Gasteiger partial charge in [-0.25, -0.2) is 0 Å². The third-order valence-electron chi connectivity index (χ3n) is 6.40. The lowest BCUT2D eigenvalue weighted by atomic mass is 9.84. The van der Waals surface area contributed by atoms with E-state index < -0.39 is 6.04 Å². The normalized spacial score (nSPS) is 22.5. The fourth-order valence-electron chi connectivity index (χ4n) is 4.55. The molecule has 2 aromatic carbocycles. The number of imide groups is 1. The zero-order chi connectivity index (χ0) is 20.7. The van der Waals surface area contributed by atoms with E-state index in [0.717, 1.165) is 24.2 Å². The smallest absolute Gasteiger partial charge is 0.255 e. The standard InChI is InChI=1S/C23H24N4O3/c28-20-9-8-19(21(29)26-20)27-12-16-7-6-15(10-18(16)22(27)30)11-25-23(13-24-14-23)17-4-2-1-3-5-17/h1-7,10,19,24-25H,8-9,11-14H2,(H,26,28,29). The number of carbonyl (C=O) groups is 3. The van der Waals surface area contributed by atoms with Crippen molar-refractivity contribution in [3.05, 3.63) is 70.8 Å². The highest BCUT2D eigenvalue weighted by Gasteiger charge is 2.40. The molecule has 0 saturated carbocycles. The Kier molecular flexibility index (Phi) is 4.64. The maximum Gasteiger partial charge on any atom is 0.255 e. The zero-order valence-electron chi connectivity index (χ0n) is 16.6. The molecule has 3 amide bonds. The van der Waals surface area contributed by atoms with Crippen molar-refractivity contribution in [3.63, 3.8) is 0 Å². The third-order valence-corrected chi connectivity index (χ3v) is 6.40. The highest BCUT2D eigenvalue weighted by Crippen LogP contribution is 2.29. The second-order valence-electron chi connectivity index (χ2n) is 8.30. The summed E-state index contributed by atoms with van der Waals surface area (Å²) in [5, 5.41) is 9.36. The summed E-state index contributed by atoms with van der Waals surface area (Å²) in [5.74, 6) is -0.785. The summed E-state index contributed by atoms with van der Waals surface area (Å²) in [5.41, 5.74) is 3.78. The Morgan fingerprint density at radius 1 is 1.07 bits per heavy atom. The van der Waals surface area contributed by atoms with Crippen LogP contribution < -0.4 is 16.0 Å². The van der Waals surface area contributed by atoms with Gasteiger partial charge < -0.3 is 15.5 Å². The quantitative estimate of drug-likeness (QED) is 0.648. The second-order valence-corrected chi connectivity index (χ2v) is 8.30. The Bertz CT molecular complexity index is 1020. The van der Waals surface area contributed by atoms with Crippen molar-refractivity contribution < 1.29 is 14.4 Å². The number of fused-ring (bicyclic) bond motifs is 1. The Morgan fingerprint density at radius 3 is 2.57 bits per heavy atom. The number of amides is 3. The minimum Gasteiger partial charge on any atom is -0.322 e. The summed E-state index contributed by atoms with van der Waals surface area (Å²) in [4.78, 5) is 38.2. The molecule has 30 heavy (non-hydrogen) atoms. The average molecular weight is 404 g/mol.